The van der Waals surface area contributed by atoms with Gasteiger partial charge in [0.2, 0.25) is 0 Å². The van der Waals surface area contributed by atoms with Crippen LogP contribution in [0, 0.1) is 18.8 Å². The average molecular weight is 240 g/mol. The standard InChI is InChI=1S/C10H10BrNO/c1-3-4-5-12-7-8(2)6-9(11)10(12)13/h6-7H,5H2,1-2H3. The molecule has 0 spiro atoms. The number of aromatic nitrogens is 1. The molecule has 0 saturated carbocycles. The highest BCUT2D eigenvalue weighted by molar-refractivity contribution is 9.10. The highest BCUT2D eigenvalue weighted by Gasteiger charge is 1.99. The van der Waals surface area contributed by atoms with Crippen LogP contribution in [0.1, 0.15) is 12.5 Å². The Kier molecular flexibility index (Phi) is 3.32. The van der Waals surface area contributed by atoms with Gasteiger partial charge in [-0.05, 0) is 41.4 Å². The van der Waals surface area contributed by atoms with Gasteiger partial charge in [-0.15, -0.1) is 5.92 Å². The molecule has 1 aromatic rings. The van der Waals surface area contributed by atoms with Gasteiger partial charge in [-0.1, -0.05) is 5.92 Å². The molecule has 0 aliphatic rings. The Hall–Kier alpha value is -1.01. The number of pyridine rings is 1. The average Bonchev–Trinajstić information content (AvgIpc) is 2.09. The van der Waals surface area contributed by atoms with Crippen molar-refractivity contribution in [3.63, 3.8) is 0 Å². The Labute approximate surface area is 85.7 Å². The fraction of sp³-hybridized carbons (Fsp3) is 0.300. The summed E-state index contributed by atoms with van der Waals surface area (Å²) in [6.07, 6.45) is 1.80. The third-order valence-corrected chi connectivity index (χ3v) is 2.17. The molecular weight excluding hydrogens is 230 g/mol. The Balaban J connectivity index is 3.18. The smallest absolute Gasteiger partial charge is 0.265 e. The molecule has 0 aliphatic heterocycles. The van der Waals surface area contributed by atoms with Crippen LogP contribution in [0.15, 0.2) is 21.5 Å². The second kappa shape index (κ2) is 4.29. The summed E-state index contributed by atoms with van der Waals surface area (Å²) in [5.74, 6) is 5.61. The first-order valence-corrected chi connectivity index (χ1v) is 4.70. The van der Waals surface area contributed by atoms with Crippen molar-refractivity contribution >= 4 is 15.9 Å². The number of nitrogens with zero attached hydrogens (tertiary/aromatic N) is 1. The van der Waals surface area contributed by atoms with Crippen molar-refractivity contribution in [1.82, 2.24) is 4.57 Å². The molecule has 0 aliphatic carbocycles. The fourth-order valence-corrected chi connectivity index (χ4v) is 1.61. The highest BCUT2D eigenvalue weighted by atomic mass is 79.9. The van der Waals surface area contributed by atoms with Gasteiger partial charge in [-0.3, -0.25) is 4.79 Å². The van der Waals surface area contributed by atoms with E-state index in [-0.39, 0.29) is 5.56 Å². The molecule has 0 fully saturated rings. The van der Waals surface area contributed by atoms with E-state index in [0.717, 1.165) is 5.56 Å². The molecule has 0 amide bonds. The van der Waals surface area contributed by atoms with Gasteiger partial charge in [0.1, 0.15) is 0 Å². The molecule has 68 valence electrons. The molecule has 13 heavy (non-hydrogen) atoms. The van der Waals surface area contributed by atoms with Crippen molar-refractivity contribution in [3.8, 4) is 11.8 Å². The topological polar surface area (TPSA) is 22.0 Å². The summed E-state index contributed by atoms with van der Waals surface area (Å²) in [6.45, 7) is 4.16. The minimum Gasteiger partial charge on any atom is -0.303 e. The minimum absolute atomic E-state index is 0.0339. The zero-order valence-corrected chi connectivity index (χ0v) is 9.18. The monoisotopic (exact) mass is 239 g/mol. The lowest BCUT2D eigenvalue weighted by Gasteiger charge is -2.02. The Morgan fingerprint density at radius 1 is 1.62 bits per heavy atom. The van der Waals surface area contributed by atoms with E-state index in [2.05, 4.69) is 27.8 Å². The van der Waals surface area contributed by atoms with Crippen molar-refractivity contribution in [2.45, 2.75) is 20.4 Å². The summed E-state index contributed by atoms with van der Waals surface area (Å²) in [6, 6.07) is 1.80. The van der Waals surface area contributed by atoms with E-state index in [9.17, 15) is 4.79 Å². The van der Waals surface area contributed by atoms with Crippen LogP contribution in [0.4, 0.5) is 0 Å². The van der Waals surface area contributed by atoms with Crippen LogP contribution in [0.3, 0.4) is 0 Å². The quantitative estimate of drug-likeness (QED) is 0.687. The molecule has 0 bridgehead atoms. The van der Waals surface area contributed by atoms with Crippen molar-refractivity contribution < 1.29 is 0 Å². The van der Waals surface area contributed by atoms with Gasteiger partial charge in [0.15, 0.2) is 0 Å². The third-order valence-electron chi connectivity index (χ3n) is 1.61. The Morgan fingerprint density at radius 3 is 2.92 bits per heavy atom. The number of hydrogen-bond acceptors (Lipinski definition) is 1. The van der Waals surface area contributed by atoms with Crippen molar-refractivity contribution in [2.24, 2.45) is 0 Å². The number of hydrogen-bond donors (Lipinski definition) is 0. The van der Waals surface area contributed by atoms with Gasteiger partial charge in [0.25, 0.3) is 5.56 Å². The Bertz CT molecular complexity index is 423. The summed E-state index contributed by atoms with van der Waals surface area (Å²) >= 11 is 3.21. The maximum atomic E-state index is 11.5. The van der Waals surface area contributed by atoms with Crippen molar-refractivity contribution in [3.05, 3.63) is 32.7 Å². The number of aryl methyl sites for hydroxylation is 1. The maximum Gasteiger partial charge on any atom is 0.265 e. The van der Waals surface area contributed by atoms with Gasteiger partial charge in [-0.2, -0.15) is 0 Å². The SMILES string of the molecule is CC#CCn1cc(C)cc(Br)c1=O. The Morgan fingerprint density at radius 2 is 2.31 bits per heavy atom. The number of rotatable bonds is 1. The van der Waals surface area contributed by atoms with Gasteiger partial charge in [0.05, 0.1) is 11.0 Å². The molecule has 0 radical (unpaired) electrons. The maximum absolute atomic E-state index is 11.5. The molecule has 0 saturated heterocycles. The van der Waals surface area contributed by atoms with Crippen LogP contribution >= 0.6 is 15.9 Å². The summed E-state index contributed by atoms with van der Waals surface area (Å²) < 4.78 is 2.18. The second-order valence-electron chi connectivity index (χ2n) is 2.73. The first-order chi connectivity index (χ1) is 6.15. The van der Waals surface area contributed by atoms with E-state index in [1.807, 2.05) is 6.92 Å². The molecule has 1 heterocycles. The molecule has 0 aromatic carbocycles. The summed E-state index contributed by atoms with van der Waals surface area (Å²) in [4.78, 5) is 11.5. The van der Waals surface area contributed by atoms with Crippen molar-refractivity contribution in [1.29, 1.82) is 0 Å². The molecular formula is C10H10BrNO. The van der Waals surface area contributed by atoms with Crippen LogP contribution in [0.25, 0.3) is 0 Å². The van der Waals surface area contributed by atoms with Gasteiger partial charge in [-0.25, -0.2) is 0 Å². The van der Waals surface area contributed by atoms with Crippen LogP contribution in [0.2, 0.25) is 0 Å². The predicted molar refractivity (Wildman–Crippen MR) is 56.6 cm³/mol. The molecule has 0 unspecified atom stereocenters. The summed E-state index contributed by atoms with van der Waals surface area (Å²) in [7, 11) is 0. The molecule has 2 nitrogen and oxygen atoms in total. The molecule has 3 heteroatoms. The molecule has 1 rings (SSSR count). The lowest BCUT2D eigenvalue weighted by atomic mass is 10.3. The number of halogens is 1. The first kappa shape index (κ1) is 10.1. The zero-order chi connectivity index (χ0) is 9.84. The van der Waals surface area contributed by atoms with Crippen LogP contribution in [-0.2, 0) is 6.54 Å². The highest BCUT2D eigenvalue weighted by Crippen LogP contribution is 2.05. The zero-order valence-electron chi connectivity index (χ0n) is 7.60. The van der Waals surface area contributed by atoms with Gasteiger partial charge < -0.3 is 4.57 Å². The molecule has 0 atom stereocenters. The first-order valence-electron chi connectivity index (χ1n) is 3.91. The predicted octanol–water partition coefficient (Wildman–Crippen LogP) is 1.94. The van der Waals surface area contributed by atoms with Crippen molar-refractivity contribution in [2.75, 3.05) is 0 Å². The minimum atomic E-state index is -0.0339. The van der Waals surface area contributed by atoms with E-state index in [1.165, 1.54) is 0 Å². The van der Waals surface area contributed by atoms with Gasteiger partial charge >= 0.3 is 0 Å². The van der Waals surface area contributed by atoms with Gasteiger partial charge in [0, 0.05) is 6.20 Å². The third kappa shape index (κ3) is 2.46. The lowest BCUT2D eigenvalue weighted by molar-refractivity contribution is 0.784. The normalized spacial score (nSPS) is 9.15. The van der Waals surface area contributed by atoms with E-state index >= 15 is 0 Å². The fourth-order valence-electron chi connectivity index (χ4n) is 1.02. The summed E-state index contributed by atoms with van der Waals surface area (Å²) in [5.41, 5.74) is 1.01. The van der Waals surface area contributed by atoms with E-state index in [4.69, 9.17) is 0 Å². The molecule has 0 N–H and O–H groups in total. The second-order valence-corrected chi connectivity index (χ2v) is 3.58. The summed E-state index contributed by atoms with van der Waals surface area (Å²) in [5, 5.41) is 0. The van der Waals surface area contributed by atoms with Crippen LogP contribution in [0.5, 0.6) is 0 Å². The molecule has 1 aromatic heterocycles. The van der Waals surface area contributed by atoms with E-state index in [0.29, 0.717) is 11.0 Å². The van der Waals surface area contributed by atoms with Crippen LogP contribution < -0.4 is 5.56 Å². The van der Waals surface area contributed by atoms with Crippen LogP contribution in [-0.4, -0.2) is 4.57 Å². The van der Waals surface area contributed by atoms with E-state index < -0.39 is 0 Å². The van der Waals surface area contributed by atoms with E-state index in [1.54, 1.807) is 23.8 Å². The largest absolute Gasteiger partial charge is 0.303 e. The lowest BCUT2D eigenvalue weighted by Crippen LogP contribution is -2.19.